The molecule has 2 amide bonds. The maximum absolute atomic E-state index is 14.3. The molecule has 26 heavy (non-hydrogen) atoms. The van der Waals surface area contributed by atoms with Crippen molar-refractivity contribution in [1.29, 1.82) is 5.26 Å². The number of aryl methyl sites for hydroxylation is 1. The highest BCUT2D eigenvalue weighted by atomic mass is 19.1. The van der Waals surface area contributed by atoms with Crippen LogP contribution in [0.15, 0.2) is 60.9 Å². The van der Waals surface area contributed by atoms with Gasteiger partial charge in [-0.05, 0) is 30.3 Å². The van der Waals surface area contributed by atoms with Crippen LogP contribution in [0.1, 0.15) is 23.0 Å². The number of carbonyl (C=O) groups excluding carboxylic acids is 1. The van der Waals surface area contributed by atoms with Gasteiger partial charge in [-0.1, -0.05) is 18.2 Å². The molecular formula is C19H16FN5O. The molecule has 1 aromatic heterocycles. The number of imidazole rings is 1. The maximum Gasteiger partial charge on any atom is 0.320 e. The first-order valence-electron chi connectivity index (χ1n) is 7.88. The number of amides is 2. The topological polar surface area (TPSA) is 82.7 Å². The van der Waals surface area contributed by atoms with Gasteiger partial charge in [-0.15, -0.1) is 0 Å². The van der Waals surface area contributed by atoms with E-state index in [2.05, 4.69) is 15.6 Å². The van der Waals surface area contributed by atoms with E-state index in [9.17, 15) is 9.18 Å². The van der Waals surface area contributed by atoms with Crippen LogP contribution in [0.5, 0.6) is 0 Å². The minimum absolute atomic E-state index is 0.316. The highest BCUT2D eigenvalue weighted by Gasteiger charge is 2.23. The van der Waals surface area contributed by atoms with Crippen LogP contribution in [0.3, 0.4) is 0 Å². The van der Waals surface area contributed by atoms with E-state index in [1.54, 1.807) is 66.5 Å². The number of carbonyl (C=O) groups is 1. The molecule has 0 spiro atoms. The van der Waals surface area contributed by atoms with Gasteiger partial charge in [0.2, 0.25) is 0 Å². The van der Waals surface area contributed by atoms with E-state index in [1.807, 2.05) is 6.07 Å². The van der Waals surface area contributed by atoms with Gasteiger partial charge in [0.25, 0.3) is 0 Å². The van der Waals surface area contributed by atoms with Crippen LogP contribution in [0.4, 0.5) is 14.9 Å². The molecule has 3 aromatic rings. The number of nitrogens with zero attached hydrogens (tertiary/aromatic N) is 3. The van der Waals surface area contributed by atoms with Crippen LogP contribution in [-0.4, -0.2) is 15.6 Å². The molecule has 0 saturated carbocycles. The molecule has 0 unspecified atom stereocenters. The number of halogens is 1. The number of nitriles is 1. The minimum Gasteiger partial charge on any atom is -0.336 e. The Bertz CT molecular complexity index is 959. The molecule has 2 aromatic carbocycles. The van der Waals surface area contributed by atoms with Crippen LogP contribution >= 0.6 is 0 Å². The maximum atomic E-state index is 14.3. The van der Waals surface area contributed by atoms with Crippen LogP contribution in [0.2, 0.25) is 0 Å². The number of hydrogen-bond acceptors (Lipinski definition) is 3. The second-order valence-electron chi connectivity index (χ2n) is 5.64. The van der Waals surface area contributed by atoms with Crippen molar-refractivity contribution >= 4 is 11.7 Å². The second kappa shape index (κ2) is 7.49. The zero-order valence-corrected chi connectivity index (χ0v) is 14.0. The molecule has 1 heterocycles. The molecule has 1 atom stereocenters. The van der Waals surface area contributed by atoms with E-state index < -0.39 is 17.9 Å². The van der Waals surface area contributed by atoms with Gasteiger partial charge in [0.1, 0.15) is 17.7 Å². The van der Waals surface area contributed by atoms with Crippen LogP contribution in [0, 0.1) is 17.1 Å². The van der Waals surface area contributed by atoms with E-state index >= 15 is 0 Å². The summed E-state index contributed by atoms with van der Waals surface area (Å²) >= 11 is 0. The van der Waals surface area contributed by atoms with Gasteiger partial charge in [0, 0.05) is 30.7 Å². The number of benzene rings is 2. The van der Waals surface area contributed by atoms with Crippen molar-refractivity contribution in [1.82, 2.24) is 14.9 Å². The predicted molar refractivity (Wildman–Crippen MR) is 94.8 cm³/mol. The molecule has 0 aliphatic carbocycles. The van der Waals surface area contributed by atoms with E-state index in [0.717, 1.165) is 0 Å². The van der Waals surface area contributed by atoms with E-state index in [4.69, 9.17) is 5.26 Å². The highest BCUT2D eigenvalue weighted by molar-refractivity contribution is 5.89. The average Bonchev–Trinajstić information content (AvgIpc) is 3.07. The van der Waals surface area contributed by atoms with Crippen molar-refractivity contribution in [2.75, 3.05) is 5.32 Å². The SMILES string of the molecule is Cn1ccnc1[C@H](NC(=O)Nc1ccc(C#N)cc1)c1ccccc1F. The Balaban J connectivity index is 1.84. The van der Waals surface area contributed by atoms with Gasteiger partial charge >= 0.3 is 6.03 Å². The monoisotopic (exact) mass is 349 g/mol. The quantitative estimate of drug-likeness (QED) is 0.758. The number of urea groups is 1. The molecule has 0 saturated heterocycles. The Kier molecular flexibility index (Phi) is 4.94. The summed E-state index contributed by atoms with van der Waals surface area (Å²) in [7, 11) is 1.77. The molecule has 0 fully saturated rings. The lowest BCUT2D eigenvalue weighted by Crippen LogP contribution is -2.35. The van der Waals surface area contributed by atoms with Crippen molar-refractivity contribution in [3.8, 4) is 6.07 Å². The zero-order chi connectivity index (χ0) is 18.5. The number of hydrogen-bond donors (Lipinski definition) is 2. The number of rotatable bonds is 4. The van der Waals surface area contributed by atoms with Crippen molar-refractivity contribution < 1.29 is 9.18 Å². The lowest BCUT2D eigenvalue weighted by molar-refractivity contribution is 0.249. The Morgan fingerprint density at radius 3 is 2.58 bits per heavy atom. The van der Waals surface area contributed by atoms with Crippen molar-refractivity contribution in [2.24, 2.45) is 7.05 Å². The minimum atomic E-state index is -0.755. The van der Waals surface area contributed by atoms with Gasteiger partial charge < -0.3 is 15.2 Å². The molecule has 6 nitrogen and oxygen atoms in total. The first-order valence-corrected chi connectivity index (χ1v) is 7.88. The molecule has 7 heteroatoms. The van der Waals surface area contributed by atoms with Gasteiger partial charge in [-0.3, -0.25) is 0 Å². The van der Waals surface area contributed by atoms with Gasteiger partial charge in [-0.25, -0.2) is 14.2 Å². The lowest BCUT2D eigenvalue weighted by atomic mass is 10.1. The summed E-state index contributed by atoms with van der Waals surface area (Å²) in [5.41, 5.74) is 1.33. The zero-order valence-electron chi connectivity index (χ0n) is 14.0. The van der Waals surface area contributed by atoms with E-state index in [-0.39, 0.29) is 0 Å². The Morgan fingerprint density at radius 1 is 1.23 bits per heavy atom. The summed E-state index contributed by atoms with van der Waals surface area (Å²) in [6.07, 6.45) is 3.31. The van der Waals surface area contributed by atoms with Crippen LogP contribution in [-0.2, 0) is 7.05 Å². The highest BCUT2D eigenvalue weighted by Crippen LogP contribution is 2.23. The Hall–Kier alpha value is -3.66. The summed E-state index contributed by atoms with van der Waals surface area (Å²) in [6.45, 7) is 0. The smallest absolute Gasteiger partial charge is 0.320 e. The fraction of sp³-hybridized carbons (Fsp3) is 0.105. The summed E-state index contributed by atoms with van der Waals surface area (Å²) in [4.78, 5) is 16.7. The van der Waals surface area contributed by atoms with Crippen molar-refractivity contribution in [2.45, 2.75) is 6.04 Å². The third-order valence-electron chi connectivity index (χ3n) is 3.88. The third kappa shape index (κ3) is 3.70. The van der Waals surface area contributed by atoms with Crippen LogP contribution in [0.25, 0.3) is 0 Å². The van der Waals surface area contributed by atoms with Gasteiger partial charge in [0.05, 0.1) is 11.6 Å². The Labute approximate surface area is 149 Å². The first-order chi connectivity index (χ1) is 12.6. The van der Waals surface area contributed by atoms with Gasteiger partial charge in [-0.2, -0.15) is 5.26 Å². The van der Waals surface area contributed by atoms with E-state index in [0.29, 0.717) is 22.6 Å². The Morgan fingerprint density at radius 2 is 1.96 bits per heavy atom. The molecule has 2 N–H and O–H groups in total. The molecular weight excluding hydrogens is 333 g/mol. The van der Waals surface area contributed by atoms with Crippen LogP contribution < -0.4 is 10.6 Å². The normalized spacial score (nSPS) is 11.4. The largest absolute Gasteiger partial charge is 0.336 e. The molecule has 3 rings (SSSR count). The number of nitrogens with one attached hydrogen (secondary N) is 2. The van der Waals surface area contributed by atoms with Crippen molar-refractivity contribution in [3.63, 3.8) is 0 Å². The predicted octanol–water partition coefficient (Wildman–Crippen LogP) is 3.34. The molecule has 0 bridgehead atoms. The summed E-state index contributed by atoms with van der Waals surface area (Å²) in [6, 6.07) is 13.4. The number of aromatic nitrogens is 2. The third-order valence-corrected chi connectivity index (χ3v) is 3.88. The number of anilines is 1. The van der Waals surface area contributed by atoms with Gasteiger partial charge in [0.15, 0.2) is 0 Å². The fourth-order valence-corrected chi connectivity index (χ4v) is 2.57. The molecule has 0 radical (unpaired) electrons. The fourth-order valence-electron chi connectivity index (χ4n) is 2.57. The lowest BCUT2D eigenvalue weighted by Gasteiger charge is -2.20. The molecule has 130 valence electrons. The average molecular weight is 349 g/mol. The first kappa shape index (κ1) is 17.2. The van der Waals surface area contributed by atoms with Crippen molar-refractivity contribution in [3.05, 3.63) is 83.7 Å². The van der Waals surface area contributed by atoms with E-state index in [1.165, 1.54) is 6.07 Å². The summed E-state index contributed by atoms with van der Waals surface area (Å²) in [5, 5.41) is 14.2. The second-order valence-corrected chi connectivity index (χ2v) is 5.64. The summed E-state index contributed by atoms with van der Waals surface area (Å²) in [5.74, 6) is 0.0734. The molecule has 0 aliphatic rings. The summed E-state index contributed by atoms with van der Waals surface area (Å²) < 4.78 is 16.0. The molecule has 0 aliphatic heterocycles. The standard InChI is InChI=1S/C19H16FN5O/c1-25-11-10-22-18(25)17(15-4-2-3-5-16(15)20)24-19(26)23-14-8-6-13(12-21)7-9-14/h2-11,17H,1H3,(H2,23,24,26)/t17-/m1/s1.